The van der Waals surface area contributed by atoms with Crippen LogP contribution in [0.15, 0.2) is 18.5 Å². The maximum atomic E-state index is 10.6. The number of carboxylic acid groups (broad SMARTS) is 1. The molecule has 15 heavy (non-hydrogen) atoms. The molecule has 1 aromatic heterocycles. The van der Waals surface area contributed by atoms with Crippen molar-refractivity contribution in [3.8, 4) is 0 Å². The Bertz CT molecular complexity index is 323. The molecule has 0 saturated carbocycles. The van der Waals surface area contributed by atoms with E-state index in [0.717, 1.165) is 25.9 Å². The van der Waals surface area contributed by atoms with Crippen LogP contribution in [0.4, 0.5) is 0 Å². The van der Waals surface area contributed by atoms with E-state index in [1.54, 1.807) is 6.20 Å². The zero-order valence-electron chi connectivity index (χ0n) is 8.54. The highest BCUT2D eigenvalue weighted by Gasteiger charge is 2.26. The molecule has 5 heteroatoms. The van der Waals surface area contributed by atoms with Crippen LogP contribution < -0.4 is 0 Å². The molecule has 0 spiro atoms. The van der Waals surface area contributed by atoms with Gasteiger partial charge in [-0.1, -0.05) is 0 Å². The fraction of sp³-hybridized carbons (Fsp3) is 0.600. The van der Waals surface area contributed by atoms with E-state index < -0.39 is 5.97 Å². The zero-order valence-corrected chi connectivity index (χ0v) is 8.54. The first kappa shape index (κ1) is 10.2. The number of likely N-dealkylation sites (tertiary alicyclic amines) is 1. The summed E-state index contributed by atoms with van der Waals surface area (Å²) in [6.07, 6.45) is 5.81. The van der Waals surface area contributed by atoms with Crippen LogP contribution in [0, 0.1) is 0 Å². The highest BCUT2D eigenvalue weighted by Crippen LogP contribution is 2.17. The van der Waals surface area contributed by atoms with Crippen molar-refractivity contribution in [2.24, 2.45) is 0 Å². The monoisotopic (exact) mass is 209 g/mol. The lowest BCUT2D eigenvalue weighted by molar-refractivity contribution is -0.138. The normalized spacial score (nSPS) is 22.0. The van der Waals surface area contributed by atoms with E-state index in [2.05, 4.69) is 5.10 Å². The van der Waals surface area contributed by atoms with Crippen molar-refractivity contribution in [1.29, 1.82) is 0 Å². The van der Waals surface area contributed by atoms with Gasteiger partial charge in [0.05, 0.1) is 13.1 Å². The van der Waals surface area contributed by atoms with E-state index in [-0.39, 0.29) is 6.54 Å². The third kappa shape index (κ3) is 2.56. The zero-order chi connectivity index (χ0) is 10.7. The van der Waals surface area contributed by atoms with Crippen molar-refractivity contribution in [3.63, 3.8) is 0 Å². The van der Waals surface area contributed by atoms with Gasteiger partial charge in [0.15, 0.2) is 0 Å². The number of hydrogen-bond donors (Lipinski definition) is 1. The largest absolute Gasteiger partial charge is 0.480 e. The number of nitrogens with zero attached hydrogens (tertiary/aromatic N) is 3. The summed E-state index contributed by atoms with van der Waals surface area (Å²) in [6, 6.07) is 2.21. The Hall–Kier alpha value is -1.36. The molecule has 1 saturated heterocycles. The van der Waals surface area contributed by atoms with Crippen molar-refractivity contribution in [3.05, 3.63) is 18.5 Å². The van der Waals surface area contributed by atoms with Gasteiger partial charge >= 0.3 is 5.97 Å². The van der Waals surface area contributed by atoms with E-state index in [0.29, 0.717) is 6.04 Å². The number of carboxylic acids is 1. The van der Waals surface area contributed by atoms with Crippen LogP contribution in [-0.4, -0.2) is 44.9 Å². The van der Waals surface area contributed by atoms with Gasteiger partial charge in [0, 0.05) is 18.4 Å². The summed E-state index contributed by atoms with van der Waals surface area (Å²) in [7, 11) is 0. The Morgan fingerprint density at radius 3 is 3.13 bits per heavy atom. The minimum Gasteiger partial charge on any atom is -0.480 e. The Morgan fingerprint density at radius 2 is 2.47 bits per heavy atom. The van der Waals surface area contributed by atoms with Gasteiger partial charge in [-0.2, -0.15) is 5.10 Å². The third-order valence-corrected chi connectivity index (χ3v) is 2.79. The molecular formula is C10H15N3O2. The predicted octanol–water partition coefficient (Wildman–Crippen LogP) is 0.432. The van der Waals surface area contributed by atoms with Crippen LogP contribution in [0.25, 0.3) is 0 Å². The average Bonchev–Trinajstić information content (AvgIpc) is 2.78. The molecule has 0 aliphatic carbocycles. The van der Waals surface area contributed by atoms with Crippen molar-refractivity contribution in [2.45, 2.75) is 25.4 Å². The molecule has 0 amide bonds. The average molecular weight is 209 g/mol. The Morgan fingerprint density at radius 1 is 1.60 bits per heavy atom. The maximum Gasteiger partial charge on any atom is 0.317 e. The highest BCUT2D eigenvalue weighted by atomic mass is 16.4. The fourth-order valence-corrected chi connectivity index (χ4v) is 2.11. The molecule has 1 aromatic rings. The van der Waals surface area contributed by atoms with Crippen molar-refractivity contribution in [1.82, 2.24) is 14.7 Å². The van der Waals surface area contributed by atoms with Crippen molar-refractivity contribution in [2.75, 3.05) is 13.1 Å². The molecule has 5 nitrogen and oxygen atoms in total. The van der Waals surface area contributed by atoms with E-state index in [4.69, 9.17) is 5.11 Å². The predicted molar refractivity (Wildman–Crippen MR) is 54.5 cm³/mol. The van der Waals surface area contributed by atoms with Crippen molar-refractivity contribution >= 4 is 5.97 Å². The quantitative estimate of drug-likeness (QED) is 0.781. The molecule has 2 rings (SSSR count). The van der Waals surface area contributed by atoms with Crippen LogP contribution >= 0.6 is 0 Å². The first-order valence-electron chi connectivity index (χ1n) is 5.19. The fourth-order valence-electron chi connectivity index (χ4n) is 2.11. The van der Waals surface area contributed by atoms with Crippen LogP contribution in [0.5, 0.6) is 0 Å². The summed E-state index contributed by atoms with van der Waals surface area (Å²) in [4.78, 5) is 12.7. The summed E-state index contributed by atoms with van der Waals surface area (Å²) < 4.78 is 1.87. The first-order valence-corrected chi connectivity index (χ1v) is 5.19. The molecule has 0 aromatic carbocycles. The Kier molecular flexibility index (Phi) is 3.01. The van der Waals surface area contributed by atoms with Gasteiger partial charge in [-0.3, -0.25) is 14.4 Å². The second-order valence-corrected chi connectivity index (χ2v) is 3.89. The molecular weight excluding hydrogens is 194 g/mol. The summed E-state index contributed by atoms with van der Waals surface area (Å²) in [5.41, 5.74) is 0. The number of aliphatic carboxylic acids is 1. The number of aromatic nitrogens is 2. The minimum absolute atomic E-state index is 0.145. The third-order valence-electron chi connectivity index (χ3n) is 2.79. The lowest BCUT2D eigenvalue weighted by Gasteiger charge is -2.22. The molecule has 2 heterocycles. The SMILES string of the molecule is O=C(O)CN1CCCC1Cn1cccn1. The van der Waals surface area contributed by atoms with Gasteiger partial charge in [0.25, 0.3) is 0 Å². The lowest BCUT2D eigenvalue weighted by Crippen LogP contribution is -2.36. The second-order valence-electron chi connectivity index (χ2n) is 3.89. The smallest absolute Gasteiger partial charge is 0.317 e. The van der Waals surface area contributed by atoms with Crippen LogP contribution in [-0.2, 0) is 11.3 Å². The van der Waals surface area contributed by atoms with Gasteiger partial charge in [-0.25, -0.2) is 0 Å². The Labute approximate surface area is 88.3 Å². The van der Waals surface area contributed by atoms with Gasteiger partial charge in [0.2, 0.25) is 0 Å². The topological polar surface area (TPSA) is 58.4 Å². The molecule has 1 aliphatic heterocycles. The van der Waals surface area contributed by atoms with E-state index in [9.17, 15) is 4.79 Å². The van der Waals surface area contributed by atoms with E-state index >= 15 is 0 Å². The number of carbonyl (C=O) groups is 1. The summed E-state index contributed by atoms with van der Waals surface area (Å²) >= 11 is 0. The summed E-state index contributed by atoms with van der Waals surface area (Å²) in [5, 5.41) is 12.9. The summed E-state index contributed by atoms with van der Waals surface area (Å²) in [6.45, 7) is 1.82. The maximum absolute atomic E-state index is 10.6. The second kappa shape index (κ2) is 4.44. The first-order chi connectivity index (χ1) is 7.25. The van der Waals surface area contributed by atoms with Crippen LogP contribution in [0.3, 0.4) is 0 Å². The molecule has 0 radical (unpaired) electrons. The van der Waals surface area contributed by atoms with Crippen LogP contribution in [0.2, 0.25) is 0 Å². The molecule has 0 bridgehead atoms. The molecule has 1 fully saturated rings. The van der Waals surface area contributed by atoms with Gasteiger partial charge in [-0.15, -0.1) is 0 Å². The number of hydrogen-bond acceptors (Lipinski definition) is 3. The molecule has 1 aliphatic rings. The Balaban J connectivity index is 1.93. The highest BCUT2D eigenvalue weighted by molar-refractivity contribution is 5.69. The van der Waals surface area contributed by atoms with E-state index in [1.807, 2.05) is 21.8 Å². The molecule has 1 N–H and O–H groups in total. The van der Waals surface area contributed by atoms with E-state index in [1.165, 1.54) is 0 Å². The molecule has 82 valence electrons. The lowest BCUT2D eigenvalue weighted by atomic mass is 10.2. The minimum atomic E-state index is -0.748. The van der Waals surface area contributed by atoms with Gasteiger partial charge in [-0.05, 0) is 25.5 Å². The van der Waals surface area contributed by atoms with Crippen molar-refractivity contribution < 1.29 is 9.90 Å². The molecule has 1 unspecified atom stereocenters. The van der Waals surface area contributed by atoms with Gasteiger partial charge in [0.1, 0.15) is 0 Å². The summed E-state index contributed by atoms with van der Waals surface area (Å²) in [5.74, 6) is -0.748. The van der Waals surface area contributed by atoms with Gasteiger partial charge < -0.3 is 5.11 Å². The standard InChI is InChI=1S/C10H15N3O2/c14-10(15)8-12-5-1-3-9(12)7-13-6-2-4-11-13/h2,4,6,9H,1,3,5,7-8H2,(H,14,15). The number of rotatable bonds is 4. The van der Waals surface area contributed by atoms with Crippen LogP contribution in [0.1, 0.15) is 12.8 Å². The molecule has 1 atom stereocenters.